The number of aromatic nitrogens is 3. The van der Waals surface area contributed by atoms with Crippen LogP contribution in [0.4, 0.5) is 0 Å². The molecule has 22 heavy (non-hydrogen) atoms. The Morgan fingerprint density at radius 2 is 2.14 bits per heavy atom. The van der Waals surface area contributed by atoms with Crippen molar-refractivity contribution in [2.75, 3.05) is 6.54 Å². The molecule has 1 saturated heterocycles. The zero-order chi connectivity index (χ0) is 14.9. The van der Waals surface area contributed by atoms with Crippen molar-refractivity contribution in [2.45, 2.75) is 44.1 Å². The summed E-state index contributed by atoms with van der Waals surface area (Å²) in [6, 6.07) is 5.27. The molecule has 1 aliphatic carbocycles. The van der Waals surface area contributed by atoms with Crippen LogP contribution in [0.2, 0.25) is 0 Å². The van der Waals surface area contributed by atoms with Crippen LogP contribution >= 0.6 is 0 Å². The minimum Gasteiger partial charge on any atom is -0.337 e. The molecule has 4 rings (SSSR count). The van der Waals surface area contributed by atoms with Gasteiger partial charge >= 0.3 is 0 Å². The van der Waals surface area contributed by atoms with Gasteiger partial charge < -0.3 is 9.42 Å². The van der Waals surface area contributed by atoms with Gasteiger partial charge in [0.25, 0.3) is 5.91 Å². The fraction of sp³-hybridized carbons (Fsp3) is 0.500. The van der Waals surface area contributed by atoms with E-state index in [1.807, 2.05) is 17.0 Å². The first-order valence-corrected chi connectivity index (χ1v) is 7.88. The SMILES string of the molecule is O=C(c1ccccn1)N1CCCC[C@@H]1c1nc(C2CC2)no1. The van der Waals surface area contributed by atoms with Crippen molar-refractivity contribution in [3.8, 4) is 0 Å². The first kappa shape index (κ1) is 13.4. The van der Waals surface area contributed by atoms with Gasteiger partial charge in [-0.25, -0.2) is 0 Å². The maximum atomic E-state index is 12.7. The number of rotatable bonds is 3. The summed E-state index contributed by atoms with van der Waals surface area (Å²) in [7, 11) is 0. The van der Waals surface area contributed by atoms with Gasteiger partial charge in [0.05, 0.1) is 0 Å². The summed E-state index contributed by atoms with van der Waals surface area (Å²) in [5.74, 6) is 1.77. The Morgan fingerprint density at radius 1 is 1.23 bits per heavy atom. The van der Waals surface area contributed by atoms with Crippen LogP contribution < -0.4 is 0 Å². The second kappa shape index (κ2) is 5.51. The van der Waals surface area contributed by atoms with Crippen LogP contribution in [0.25, 0.3) is 0 Å². The second-order valence-electron chi connectivity index (χ2n) is 5.99. The topological polar surface area (TPSA) is 72.1 Å². The third-order valence-electron chi connectivity index (χ3n) is 4.33. The molecule has 2 fully saturated rings. The summed E-state index contributed by atoms with van der Waals surface area (Å²) in [6.07, 6.45) is 6.85. The van der Waals surface area contributed by atoms with E-state index in [1.54, 1.807) is 12.3 Å². The molecule has 1 amide bonds. The number of piperidine rings is 1. The quantitative estimate of drug-likeness (QED) is 0.871. The Morgan fingerprint density at radius 3 is 2.91 bits per heavy atom. The third-order valence-corrected chi connectivity index (χ3v) is 4.33. The molecule has 2 aromatic rings. The molecule has 6 nitrogen and oxygen atoms in total. The van der Waals surface area contributed by atoms with E-state index in [4.69, 9.17) is 4.52 Å². The fourth-order valence-corrected chi connectivity index (χ4v) is 2.96. The van der Waals surface area contributed by atoms with E-state index in [0.717, 1.165) is 37.9 Å². The van der Waals surface area contributed by atoms with Crippen LogP contribution in [0.15, 0.2) is 28.9 Å². The van der Waals surface area contributed by atoms with E-state index in [1.165, 1.54) is 0 Å². The number of likely N-dealkylation sites (tertiary alicyclic amines) is 1. The molecule has 0 unspecified atom stereocenters. The van der Waals surface area contributed by atoms with Crippen LogP contribution in [0.1, 0.15) is 66.3 Å². The van der Waals surface area contributed by atoms with E-state index in [2.05, 4.69) is 15.1 Å². The Labute approximate surface area is 128 Å². The van der Waals surface area contributed by atoms with Gasteiger partial charge in [-0.2, -0.15) is 4.98 Å². The van der Waals surface area contributed by atoms with Crippen LogP contribution in [-0.4, -0.2) is 32.5 Å². The number of hydrogen-bond acceptors (Lipinski definition) is 5. The lowest BCUT2D eigenvalue weighted by Gasteiger charge is -2.33. The highest BCUT2D eigenvalue weighted by Gasteiger charge is 2.35. The smallest absolute Gasteiger partial charge is 0.273 e. The molecule has 1 saturated carbocycles. The van der Waals surface area contributed by atoms with Crippen molar-refractivity contribution >= 4 is 5.91 Å². The zero-order valence-electron chi connectivity index (χ0n) is 12.3. The summed E-state index contributed by atoms with van der Waals surface area (Å²) in [5.41, 5.74) is 0.469. The maximum absolute atomic E-state index is 12.7. The van der Waals surface area contributed by atoms with Gasteiger partial charge in [0, 0.05) is 18.7 Å². The van der Waals surface area contributed by atoms with E-state index in [9.17, 15) is 4.79 Å². The average molecular weight is 298 g/mol. The Kier molecular flexibility index (Phi) is 3.36. The number of pyridine rings is 1. The second-order valence-corrected chi connectivity index (χ2v) is 5.99. The normalized spacial score (nSPS) is 21.8. The molecule has 0 bridgehead atoms. The molecule has 114 valence electrons. The molecule has 1 atom stereocenters. The van der Waals surface area contributed by atoms with Crippen molar-refractivity contribution in [2.24, 2.45) is 0 Å². The molecule has 2 aromatic heterocycles. The molecule has 0 N–H and O–H groups in total. The molecule has 0 spiro atoms. The van der Waals surface area contributed by atoms with Crippen molar-refractivity contribution in [1.82, 2.24) is 20.0 Å². The minimum atomic E-state index is -0.122. The molecule has 0 radical (unpaired) electrons. The van der Waals surface area contributed by atoms with Gasteiger partial charge in [-0.15, -0.1) is 0 Å². The zero-order valence-corrected chi connectivity index (χ0v) is 12.3. The summed E-state index contributed by atoms with van der Waals surface area (Å²) >= 11 is 0. The van der Waals surface area contributed by atoms with Gasteiger partial charge in [-0.3, -0.25) is 9.78 Å². The van der Waals surface area contributed by atoms with Crippen LogP contribution in [0.3, 0.4) is 0 Å². The van der Waals surface area contributed by atoms with Gasteiger partial charge in [0.15, 0.2) is 5.82 Å². The highest BCUT2D eigenvalue weighted by atomic mass is 16.5. The summed E-state index contributed by atoms with van der Waals surface area (Å²) in [4.78, 5) is 23.2. The predicted octanol–water partition coefficient (Wildman–Crippen LogP) is 2.71. The monoisotopic (exact) mass is 298 g/mol. The summed E-state index contributed by atoms with van der Waals surface area (Å²) in [5, 5.41) is 4.08. The predicted molar refractivity (Wildman–Crippen MR) is 78.1 cm³/mol. The van der Waals surface area contributed by atoms with Crippen molar-refractivity contribution in [3.63, 3.8) is 0 Å². The summed E-state index contributed by atoms with van der Waals surface area (Å²) in [6.45, 7) is 0.710. The van der Waals surface area contributed by atoms with Gasteiger partial charge in [-0.05, 0) is 44.2 Å². The lowest BCUT2D eigenvalue weighted by atomic mass is 10.0. The van der Waals surface area contributed by atoms with Gasteiger partial charge in [0.1, 0.15) is 11.7 Å². The molecule has 1 aliphatic heterocycles. The molecule has 6 heteroatoms. The third kappa shape index (κ3) is 2.49. The lowest BCUT2D eigenvalue weighted by Crippen LogP contribution is -2.39. The van der Waals surface area contributed by atoms with E-state index in [-0.39, 0.29) is 11.9 Å². The molecular formula is C16H18N4O2. The van der Waals surface area contributed by atoms with Crippen molar-refractivity contribution in [1.29, 1.82) is 0 Å². The van der Waals surface area contributed by atoms with Crippen molar-refractivity contribution < 1.29 is 9.32 Å². The van der Waals surface area contributed by atoms with Gasteiger partial charge in [0.2, 0.25) is 5.89 Å². The Bertz CT molecular complexity index is 666. The summed E-state index contributed by atoms with van der Waals surface area (Å²) < 4.78 is 5.45. The first-order chi connectivity index (χ1) is 10.8. The number of carbonyl (C=O) groups excluding carboxylic acids is 1. The molecule has 3 heterocycles. The molecule has 0 aromatic carbocycles. The number of hydrogen-bond donors (Lipinski definition) is 0. The number of carbonyl (C=O) groups is 1. The van der Waals surface area contributed by atoms with Crippen LogP contribution in [0.5, 0.6) is 0 Å². The van der Waals surface area contributed by atoms with Crippen molar-refractivity contribution in [3.05, 3.63) is 41.8 Å². The Hall–Kier alpha value is -2.24. The lowest BCUT2D eigenvalue weighted by molar-refractivity contribution is 0.0555. The molecular weight excluding hydrogens is 280 g/mol. The standard InChI is InChI=1S/C16H18N4O2/c21-16(12-5-1-3-9-17-12)20-10-4-2-6-13(20)15-18-14(19-22-15)11-7-8-11/h1,3,5,9,11,13H,2,4,6-8,10H2/t13-/m1/s1. The molecule has 2 aliphatic rings. The number of nitrogens with zero attached hydrogens (tertiary/aromatic N) is 4. The first-order valence-electron chi connectivity index (χ1n) is 7.88. The highest BCUT2D eigenvalue weighted by molar-refractivity contribution is 5.92. The van der Waals surface area contributed by atoms with Gasteiger partial charge in [-0.1, -0.05) is 11.2 Å². The number of amides is 1. The van der Waals surface area contributed by atoms with E-state index in [0.29, 0.717) is 24.0 Å². The van der Waals surface area contributed by atoms with Crippen LogP contribution in [0, 0.1) is 0 Å². The largest absolute Gasteiger partial charge is 0.337 e. The highest BCUT2D eigenvalue weighted by Crippen LogP contribution is 2.39. The van der Waals surface area contributed by atoms with Crippen LogP contribution in [-0.2, 0) is 0 Å². The minimum absolute atomic E-state index is 0.0588. The Balaban J connectivity index is 1.59. The average Bonchev–Trinajstić information content (AvgIpc) is 3.32. The maximum Gasteiger partial charge on any atom is 0.273 e. The van der Waals surface area contributed by atoms with E-state index < -0.39 is 0 Å². The van der Waals surface area contributed by atoms with E-state index >= 15 is 0 Å². The fourth-order valence-electron chi connectivity index (χ4n) is 2.96.